The van der Waals surface area contributed by atoms with E-state index in [1.165, 1.54) is 0 Å². The SMILES string of the molecule is Nc1c(C(F)(F)F)ccc(C(=O)O)c1Cl. The third-order valence-corrected chi connectivity index (χ3v) is 2.12. The summed E-state index contributed by atoms with van der Waals surface area (Å²) < 4.78 is 36.8. The third-order valence-electron chi connectivity index (χ3n) is 1.72. The fraction of sp³-hybridized carbons (Fsp3) is 0.125. The van der Waals surface area contributed by atoms with Crippen LogP contribution in [0.15, 0.2) is 12.1 Å². The number of hydrogen-bond donors (Lipinski definition) is 2. The van der Waals surface area contributed by atoms with Gasteiger partial charge in [0.15, 0.2) is 0 Å². The number of nitrogen functional groups attached to an aromatic ring is 1. The molecule has 0 saturated heterocycles. The summed E-state index contributed by atoms with van der Waals surface area (Å²) in [6, 6.07) is 1.36. The number of halogens is 4. The van der Waals surface area contributed by atoms with E-state index in [1.54, 1.807) is 0 Å². The van der Waals surface area contributed by atoms with Crippen LogP contribution in [0, 0.1) is 0 Å². The minimum atomic E-state index is -4.65. The van der Waals surface area contributed by atoms with E-state index < -0.39 is 34.0 Å². The number of nitrogens with two attached hydrogens (primary N) is 1. The lowest BCUT2D eigenvalue weighted by atomic mass is 10.1. The fourth-order valence-corrected chi connectivity index (χ4v) is 1.25. The third kappa shape index (κ3) is 2.15. The van der Waals surface area contributed by atoms with Crippen molar-refractivity contribution in [2.75, 3.05) is 5.73 Å². The largest absolute Gasteiger partial charge is 0.478 e. The van der Waals surface area contributed by atoms with Gasteiger partial charge in [0, 0.05) is 0 Å². The van der Waals surface area contributed by atoms with Crippen molar-refractivity contribution in [3.05, 3.63) is 28.3 Å². The summed E-state index contributed by atoms with van der Waals surface area (Å²) in [5.74, 6) is -1.43. The molecule has 0 fully saturated rings. The monoisotopic (exact) mass is 239 g/mol. The van der Waals surface area contributed by atoms with Crippen LogP contribution in [-0.4, -0.2) is 11.1 Å². The minimum absolute atomic E-state index is 0.456. The summed E-state index contributed by atoms with van der Waals surface area (Å²) >= 11 is 5.39. The molecule has 15 heavy (non-hydrogen) atoms. The molecule has 0 radical (unpaired) electrons. The van der Waals surface area contributed by atoms with E-state index in [4.69, 9.17) is 22.4 Å². The van der Waals surface area contributed by atoms with Gasteiger partial charge in [-0.2, -0.15) is 13.2 Å². The van der Waals surface area contributed by atoms with Gasteiger partial charge in [-0.05, 0) is 12.1 Å². The average Bonchev–Trinajstić information content (AvgIpc) is 2.06. The number of aromatic carboxylic acids is 1. The van der Waals surface area contributed by atoms with Crippen LogP contribution in [-0.2, 0) is 6.18 Å². The van der Waals surface area contributed by atoms with Gasteiger partial charge in [-0.1, -0.05) is 11.6 Å². The maximum atomic E-state index is 12.3. The maximum Gasteiger partial charge on any atom is 0.418 e. The zero-order valence-corrected chi connectivity index (χ0v) is 7.86. The summed E-state index contributed by atoms with van der Waals surface area (Å²) in [5, 5.41) is 7.96. The van der Waals surface area contributed by atoms with Gasteiger partial charge in [0.05, 0.1) is 21.8 Å². The lowest BCUT2D eigenvalue weighted by Gasteiger charge is -2.12. The predicted octanol–water partition coefficient (Wildman–Crippen LogP) is 2.64. The maximum absolute atomic E-state index is 12.3. The summed E-state index contributed by atoms with van der Waals surface area (Å²) in [6.07, 6.45) is -4.65. The fourth-order valence-electron chi connectivity index (χ4n) is 1.01. The number of anilines is 1. The van der Waals surface area contributed by atoms with Crippen LogP contribution in [0.4, 0.5) is 18.9 Å². The Morgan fingerprint density at radius 3 is 2.33 bits per heavy atom. The van der Waals surface area contributed by atoms with E-state index in [0.29, 0.717) is 6.07 Å². The van der Waals surface area contributed by atoms with Crippen LogP contribution in [0.3, 0.4) is 0 Å². The van der Waals surface area contributed by atoms with E-state index in [1.807, 2.05) is 0 Å². The van der Waals surface area contributed by atoms with Crippen molar-refractivity contribution in [2.24, 2.45) is 0 Å². The Hall–Kier alpha value is -1.43. The molecule has 0 aliphatic carbocycles. The lowest BCUT2D eigenvalue weighted by Crippen LogP contribution is -2.11. The number of carbonyl (C=O) groups is 1. The van der Waals surface area contributed by atoms with E-state index in [-0.39, 0.29) is 0 Å². The molecule has 0 heterocycles. The van der Waals surface area contributed by atoms with Gasteiger partial charge >= 0.3 is 12.1 Å². The first-order chi connectivity index (χ1) is 6.75. The molecule has 0 unspecified atom stereocenters. The van der Waals surface area contributed by atoms with Gasteiger partial charge in [-0.25, -0.2) is 4.79 Å². The van der Waals surface area contributed by atoms with Gasteiger partial charge in [0.25, 0.3) is 0 Å². The standard InChI is InChI=1S/C8H5ClF3NO2/c9-5-3(7(14)15)1-2-4(6(5)13)8(10,11)12/h1-2H,13H2,(H,14,15). The first kappa shape index (κ1) is 11.6. The van der Waals surface area contributed by atoms with Crippen molar-refractivity contribution in [1.29, 1.82) is 0 Å². The summed E-state index contributed by atoms with van der Waals surface area (Å²) in [7, 11) is 0. The van der Waals surface area contributed by atoms with Crippen molar-refractivity contribution >= 4 is 23.3 Å². The van der Waals surface area contributed by atoms with E-state index in [2.05, 4.69) is 0 Å². The molecule has 0 aliphatic heterocycles. The molecule has 1 rings (SSSR count). The van der Waals surface area contributed by atoms with Gasteiger partial charge in [0.1, 0.15) is 0 Å². The van der Waals surface area contributed by atoms with Crippen molar-refractivity contribution in [1.82, 2.24) is 0 Å². The Morgan fingerprint density at radius 1 is 1.40 bits per heavy atom. The molecule has 3 nitrogen and oxygen atoms in total. The van der Waals surface area contributed by atoms with Crippen molar-refractivity contribution in [2.45, 2.75) is 6.18 Å². The summed E-state index contributed by atoms with van der Waals surface area (Å²) in [4.78, 5) is 10.5. The number of benzene rings is 1. The quantitative estimate of drug-likeness (QED) is 0.741. The van der Waals surface area contributed by atoms with E-state index in [0.717, 1.165) is 6.07 Å². The van der Waals surface area contributed by atoms with Gasteiger partial charge < -0.3 is 10.8 Å². The summed E-state index contributed by atoms with van der Waals surface area (Å²) in [5.41, 5.74) is 2.72. The highest BCUT2D eigenvalue weighted by Gasteiger charge is 2.34. The normalized spacial score (nSPS) is 11.5. The van der Waals surface area contributed by atoms with Gasteiger partial charge in [0.2, 0.25) is 0 Å². The van der Waals surface area contributed by atoms with E-state index in [9.17, 15) is 18.0 Å². The first-order valence-electron chi connectivity index (χ1n) is 3.63. The van der Waals surface area contributed by atoms with Crippen LogP contribution in [0.25, 0.3) is 0 Å². The molecule has 1 aromatic carbocycles. The average molecular weight is 240 g/mol. The molecule has 82 valence electrons. The molecule has 7 heteroatoms. The Morgan fingerprint density at radius 2 is 1.93 bits per heavy atom. The number of hydrogen-bond acceptors (Lipinski definition) is 2. The van der Waals surface area contributed by atoms with Gasteiger partial charge in [-0.15, -0.1) is 0 Å². The van der Waals surface area contributed by atoms with Crippen LogP contribution < -0.4 is 5.73 Å². The second-order valence-electron chi connectivity index (χ2n) is 2.69. The number of rotatable bonds is 1. The Kier molecular flexibility index (Phi) is 2.81. The van der Waals surface area contributed by atoms with E-state index >= 15 is 0 Å². The highest BCUT2D eigenvalue weighted by molar-refractivity contribution is 6.36. The van der Waals surface area contributed by atoms with Crippen molar-refractivity contribution < 1.29 is 23.1 Å². The smallest absolute Gasteiger partial charge is 0.418 e. The number of carboxylic acids is 1. The first-order valence-corrected chi connectivity index (χ1v) is 4.01. The van der Waals surface area contributed by atoms with Crippen LogP contribution >= 0.6 is 11.6 Å². The van der Waals surface area contributed by atoms with Crippen molar-refractivity contribution in [3.63, 3.8) is 0 Å². The molecule has 0 bridgehead atoms. The molecule has 0 atom stereocenters. The molecule has 0 aliphatic rings. The molecule has 3 N–H and O–H groups in total. The molecule has 1 aromatic rings. The molecular weight excluding hydrogens is 235 g/mol. The lowest BCUT2D eigenvalue weighted by molar-refractivity contribution is -0.136. The Balaban J connectivity index is 3.41. The molecule has 0 spiro atoms. The topological polar surface area (TPSA) is 63.3 Å². The highest BCUT2D eigenvalue weighted by atomic mass is 35.5. The van der Waals surface area contributed by atoms with Crippen LogP contribution in [0.2, 0.25) is 5.02 Å². The molecule has 0 saturated carbocycles. The second-order valence-corrected chi connectivity index (χ2v) is 3.07. The van der Waals surface area contributed by atoms with Crippen LogP contribution in [0.1, 0.15) is 15.9 Å². The molecule has 0 aromatic heterocycles. The zero-order chi connectivity index (χ0) is 11.8. The predicted molar refractivity (Wildman–Crippen MR) is 47.8 cm³/mol. The van der Waals surface area contributed by atoms with Crippen LogP contribution in [0.5, 0.6) is 0 Å². The van der Waals surface area contributed by atoms with Crippen molar-refractivity contribution in [3.8, 4) is 0 Å². The Labute approximate surface area is 87.3 Å². The highest BCUT2D eigenvalue weighted by Crippen LogP contribution is 2.38. The molecular formula is C8H5ClF3NO2. The molecule has 0 amide bonds. The second kappa shape index (κ2) is 3.62. The number of carboxylic acid groups (broad SMARTS) is 1. The zero-order valence-electron chi connectivity index (χ0n) is 7.10. The van der Waals surface area contributed by atoms with Gasteiger partial charge in [-0.3, -0.25) is 0 Å². The number of alkyl halides is 3. The summed E-state index contributed by atoms with van der Waals surface area (Å²) in [6.45, 7) is 0. The minimum Gasteiger partial charge on any atom is -0.478 e. The Bertz CT molecular complexity index is 417.